The first-order chi connectivity index (χ1) is 8.15. The van der Waals surface area contributed by atoms with E-state index in [1.54, 1.807) is 12.1 Å². The topological polar surface area (TPSA) is 18.5 Å². The summed E-state index contributed by atoms with van der Waals surface area (Å²) in [6.07, 6.45) is 0. The number of nitrogens with zero attached hydrogens (tertiary/aromatic N) is 2. The van der Waals surface area contributed by atoms with Crippen molar-refractivity contribution >= 4 is 11.6 Å². The molecule has 1 saturated heterocycles. The Kier molecular flexibility index (Phi) is 4.34. The summed E-state index contributed by atoms with van der Waals surface area (Å²) in [5.41, 5.74) is 3.84. The molecule has 0 spiro atoms. The molecule has 0 saturated carbocycles. The summed E-state index contributed by atoms with van der Waals surface area (Å²) < 4.78 is 13.5. The number of rotatable bonds is 3. The number of piperazine rings is 1. The minimum absolute atomic E-state index is 0.212. The number of halogens is 2. The van der Waals surface area contributed by atoms with Crippen molar-refractivity contribution in [2.45, 2.75) is 6.54 Å². The highest BCUT2D eigenvalue weighted by Gasteiger charge is 2.13. The summed E-state index contributed by atoms with van der Waals surface area (Å²) in [6.45, 7) is 4.46. The van der Waals surface area contributed by atoms with Crippen LogP contribution in [0.15, 0.2) is 18.2 Å². The first-order valence-electron chi connectivity index (χ1n) is 5.76. The van der Waals surface area contributed by atoms with E-state index in [1.807, 2.05) is 0 Å². The Hall–Kier alpha value is -0.680. The maximum Gasteiger partial charge on any atom is 0.127 e. The molecule has 1 N–H and O–H groups in total. The summed E-state index contributed by atoms with van der Waals surface area (Å²) in [5, 5.41) is 2.70. The van der Waals surface area contributed by atoms with E-state index in [1.165, 1.54) is 6.07 Å². The largest absolute Gasteiger partial charge is 0.304 e. The van der Waals surface area contributed by atoms with Gasteiger partial charge in [-0.2, -0.15) is 0 Å². The van der Waals surface area contributed by atoms with Crippen molar-refractivity contribution in [1.29, 1.82) is 0 Å². The van der Waals surface area contributed by atoms with E-state index in [4.69, 9.17) is 11.6 Å². The quantitative estimate of drug-likeness (QED) is 0.890. The normalized spacial score (nSPS) is 18.5. The Balaban J connectivity index is 1.87. The molecule has 1 fully saturated rings. The number of hydrogen-bond acceptors (Lipinski definition) is 3. The Morgan fingerprint density at radius 1 is 1.29 bits per heavy atom. The molecule has 0 aromatic heterocycles. The summed E-state index contributed by atoms with van der Waals surface area (Å²) in [7, 11) is 2.11. The van der Waals surface area contributed by atoms with Crippen molar-refractivity contribution in [3.63, 3.8) is 0 Å². The van der Waals surface area contributed by atoms with E-state index in [9.17, 15) is 4.39 Å². The van der Waals surface area contributed by atoms with Crippen LogP contribution in [0.5, 0.6) is 0 Å². The highest BCUT2D eigenvalue weighted by molar-refractivity contribution is 6.30. The molecule has 0 bridgehead atoms. The molecule has 1 aliphatic heterocycles. The Morgan fingerprint density at radius 3 is 2.71 bits per heavy atom. The molecule has 1 aliphatic rings. The van der Waals surface area contributed by atoms with Gasteiger partial charge < -0.3 is 4.90 Å². The lowest BCUT2D eigenvalue weighted by Crippen LogP contribution is -2.50. The van der Waals surface area contributed by atoms with Crippen LogP contribution in [-0.4, -0.2) is 43.1 Å². The first-order valence-corrected chi connectivity index (χ1v) is 6.14. The molecule has 5 heteroatoms. The Bertz CT molecular complexity index is 378. The van der Waals surface area contributed by atoms with Gasteiger partial charge in [-0.25, -0.2) is 9.40 Å². The second-order valence-corrected chi connectivity index (χ2v) is 4.80. The van der Waals surface area contributed by atoms with Crippen LogP contribution in [0, 0.1) is 5.82 Å². The second-order valence-electron chi connectivity index (χ2n) is 4.36. The smallest absolute Gasteiger partial charge is 0.127 e. The van der Waals surface area contributed by atoms with E-state index in [0.29, 0.717) is 17.1 Å². The maximum absolute atomic E-state index is 13.5. The van der Waals surface area contributed by atoms with E-state index in [2.05, 4.69) is 22.4 Å². The van der Waals surface area contributed by atoms with Gasteiger partial charge in [-0.3, -0.25) is 5.43 Å². The molecule has 0 amide bonds. The third kappa shape index (κ3) is 3.64. The lowest BCUT2D eigenvalue weighted by atomic mass is 10.2. The fourth-order valence-corrected chi connectivity index (χ4v) is 2.04. The van der Waals surface area contributed by atoms with Gasteiger partial charge in [-0.1, -0.05) is 11.6 Å². The van der Waals surface area contributed by atoms with E-state index < -0.39 is 0 Å². The van der Waals surface area contributed by atoms with Gasteiger partial charge in [0.05, 0.1) is 0 Å². The molecule has 17 heavy (non-hydrogen) atoms. The fourth-order valence-electron chi connectivity index (χ4n) is 1.84. The van der Waals surface area contributed by atoms with Gasteiger partial charge >= 0.3 is 0 Å². The predicted octanol–water partition coefficient (Wildman–Crippen LogP) is 1.73. The fraction of sp³-hybridized carbons (Fsp3) is 0.500. The van der Waals surface area contributed by atoms with Gasteiger partial charge in [-0.15, -0.1) is 0 Å². The summed E-state index contributed by atoms with van der Waals surface area (Å²) in [5.74, 6) is -0.212. The molecular weight excluding hydrogens is 241 g/mol. The van der Waals surface area contributed by atoms with E-state index in [0.717, 1.165) is 26.2 Å². The SMILES string of the molecule is CN1CCN(NCc2cc(Cl)ccc2F)CC1. The molecule has 2 rings (SSSR count). The zero-order valence-corrected chi connectivity index (χ0v) is 10.7. The summed E-state index contributed by atoms with van der Waals surface area (Å²) in [6, 6.07) is 4.64. The van der Waals surface area contributed by atoms with Crippen LogP contribution < -0.4 is 5.43 Å². The van der Waals surface area contributed by atoms with Gasteiger partial charge in [0.2, 0.25) is 0 Å². The molecule has 1 heterocycles. The minimum Gasteiger partial charge on any atom is -0.304 e. The third-order valence-corrected chi connectivity index (χ3v) is 3.24. The lowest BCUT2D eigenvalue weighted by molar-refractivity contribution is 0.102. The van der Waals surface area contributed by atoms with Crippen molar-refractivity contribution in [3.8, 4) is 0 Å². The van der Waals surface area contributed by atoms with Crippen LogP contribution in [0.25, 0.3) is 0 Å². The number of likely N-dealkylation sites (N-methyl/N-ethyl adjacent to an activating group) is 1. The molecule has 0 radical (unpaired) electrons. The maximum atomic E-state index is 13.5. The second kappa shape index (κ2) is 5.78. The molecule has 0 atom stereocenters. The number of hydrazine groups is 1. The van der Waals surface area contributed by atoms with Gasteiger partial charge in [0.1, 0.15) is 5.82 Å². The van der Waals surface area contributed by atoms with Gasteiger partial charge in [0.15, 0.2) is 0 Å². The van der Waals surface area contributed by atoms with Crippen LogP contribution in [-0.2, 0) is 6.54 Å². The minimum atomic E-state index is -0.212. The van der Waals surface area contributed by atoms with Crippen LogP contribution >= 0.6 is 11.6 Å². The molecule has 0 aliphatic carbocycles. The van der Waals surface area contributed by atoms with Crippen LogP contribution in [0.4, 0.5) is 4.39 Å². The Morgan fingerprint density at radius 2 is 2.00 bits per heavy atom. The number of nitrogens with one attached hydrogen (secondary N) is 1. The van der Waals surface area contributed by atoms with Crippen LogP contribution in [0.3, 0.4) is 0 Å². The lowest BCUT2D eigenvalue weighted by Gasteiger charge is -2.32. The standard InChI is InChI=1S/C12H17ClFN3/c1-16-4-6-17(7-5-16)15-9-10-8-11(13)2-3-12(10)14/h2-3,8,15H,4-7,9H2,1H3. The molecule has 0 unspecified atom stereocenters. The van der Waals surface area contributed by atoms with Crippen LogP contribution in [0.2, 0.25) is 5.02 Å². The van der Waals surface area contributed by atoms with Crippen molar-refractivity contribution in [2.75, 3.05) is 33.2 Å². The molecule has 94 valence electrons. The molecule has 1 aromatic rings. The van der Waals surface area contributed by atoms with Crippen molar-refractivity contribution in [3.05, 3.63) is 34.6 Å². The molecule has 3 nitrogen and oxygen atoms in total. The average Bonchev–Trinajstić information content (AvgIpc) is 2.32. The van der Waals surface area contributed by atoms with E-state index in [-0.39, 0.29) is 5.82 Å². The van der Waals surface area contributed by atoms with Crippen LogP contribution in [0.1, 0.15) is 5.56 Å². The highest BCUT2D eigenvalue weighted by atomic mass is 35.5. The zero-order valence-electron chi connectivity index (χ0n) is 9.92. The molecule has 1 aromatic carbocycles. The Labute approximate surface area is 106 Å². The van der Waals surface area contributed by atoms with Gasteiger partial charge in [-0.05, 0) is 25.2 Å². The average molecular weight is 258 g/mol. The summed E-state index contributed by atoms with van der Waals surface area (Å²) >= 11 is 5.84. The number of hydrogen-bond donors (Lipinski definition) is 1. The number of benzene rings is 1. The summed E-state index contributed by atoms with van der Waals surface area (Å²) in [4.78, 5) is 2.28. The van der Waals surface area contributed by atoms with E-state index >= 15 is 0 Å². The predicted molar refractivity (Wildman–Crippen MR) is 67.3 cm³/mol. The van der Waals surface area contributed by atoms with Crippen molar-refractivity contribution < 1.29 is 4.39 Å². The third-order valence-electron chi connectivity index (χ3n) is 3.00. The monoisotopic (exact) mass is 257 g/mol. The highest BCUT2D eigenvalue weighted by Crippen LogP contribution is 2.14. The van der Waals surface area contributed by atoms with Gasteiger partial charge in [0.25, 0.3) is 0 Å². The van der Waals surface area contributed by atoms with Crippen molar-refractivity contribution in [2.24, 2.45) is 0 Å². The van der Waals surface area contributed by atoms with Gasteiger partial charge in [0, 0.05) is 43.3 Å². The van der Waals surface area contributed by atoms with Crippen molar-refractivity contribution in [1.82, 2.24) is 15.3 Å². The molecular formula is C12H17ClFN3. The zero-order chi connectivity index (χ0) is 12.3. The first kappa shape index (κ1) is 12.8.